The molecule has 1 aromatic carbocycles. The molecule has 0 atom stereocenters. The number of ether oxygens (including phenoxy) is 1. The Kier molecular flexibility index (Phi) is 3.64. The molecule has 0 saturated carbocycles. The number of nitrogens with one attached hydrogen (secondary N) is 1. The van der Waals surface area contributed by atoms with Crippen molar-refractivity contribution in [2.24, 2.45) is 5.84 Å². The quantitative estimate of drug-likeness (QED) is 0.659. The van der Waals surface area contributed by atoms with Crippen LogP contribution in [0.4, 0.5) is 5.95 Å². The molecule has 0 spiro atoms. The summed E-state index contributed by atoms with van der Waals surface area (Å²) < 4.78 is 5.73. The summed E-state index contributed by atoms with van der Waals surface area (Å²) in [5, 5.41) is 0.685. The number of nitrogens with two attached hydrogens (primary N) is 1. The van der Waals surface area contributed by atoms with Crippen LogP contribution in [-0.4, -0.2) is 9.97 Å². The van der Waals surface area contributed by atoms with Crippen LogP contribution < -0.4 is 16.0 Å². The van der Waals surface area contributed by atoms with Crippen LogP contribution in [-0.2, 0) is 0 Å². The van der Waals surface area contributed by atoms with Crippen LogP contribution in [0.15, 0.2) is 24.4 Å². The molecular formula is C12H13ClN4O. The molecule has 5 nitrogen and oxygen atoms in total. The maximum absolute atomic E-state index is 5.97. The smallest absolute Gasteiger partial charge is 0.240 e. The van der Waals surface area contributed by atoms with Gasteiger partial charge < -0.3 is 4.74 Å². The number of aromatic nitrogens is 2. The molecule has 0 fully saturated rings. The average molecular weight is 265 g/mol. The van der Waals surface area contributed by atoms with E-state index in [2.05, 4.69) is 15.4 Å². The van der Waals surface area contributed by atoms with Crippen molar-refractivity contribution in [3.8, 4) is 11.6 Å². The number of hydrogen-bond donors (Lipinski definition) is 2. The van der Waals surface area contributed by atoms with Crippen LogP contribution in [0.1, 0.15) is 11.1 Å². The fourth-order valence-corrected chi connectivity index (χ4v) is 1.96. The Morgan fingerprint density at radius 1 is 1.28 bits per heavy atom. The monoisotopic (exact) mass is 264 g/mol. The van der Waals surface area contributed by atoms with Crippen LogP contribution >= 0.6 is 11.6 Å². The second kappa shape index (κ2) is 5.20. The molecule has 94 valence electrons. The van der Waals surface area contributed by atoms with E-state index in [0.717, 1.165) is 16.9 Å². The predicted molar refractivity (Wildman–Crippen MR) is 70.8 cm³/mol. The SMILES string of the molecule is Cc1cc(Cl)cc(C)c1Oc1ccnc(NN)n1. The van der Waals surface area contributed by atoms with E-state index in [1.807, 2.05) is 26.0 Å². The lowest BCUT2D eigenvalue weighted by atomic mass is 10.1. The van der Waals surface area contributed by atoms with Gasteiger partial charge in [0.25, 0.3) is 0 Å². The number of halogens is 1. The highest BCUT2D eigenvalue weighted by atomic mass is 35.5. The van der Waals surface area contributed by atoms with Gasteiger partial charge in [0.15, 0.2) is 0 Å². The summed E-state index contributed by atoms with van der Waals surface area (Å²) in [5.41, 5.74) is 4.26. The van der Waals surface area contributed by atoms with Gasteiger partial charge in [-0.2, -0.15) is 4.98 Å². The number of benzene rings is 1. The largest absolute Gasteiger partial charge is 0.438 e. The first kappa shape index (κ1) is 12.6. The molecule has 0 aliphatic heterocycles. The first-order chi connectivity index (χ1) is 8.60. The van der Waals surface area contributed by atoms with E-state index in [4.69, 9.17) is 22.2 Å². The number of rotatable bonds is 3. The van der Waals surface area contributed by atoms with Crippen molar-refractivity contribution in [3.63, 3.8) is 0 Å². The molecule has 0 amide bonds. The van der Waals surface area contributed by atoms with Crippen molar-refractivity contribution in [2.75, 3.05) is 5.43 Å². The summed E-state index contributed by atoms with van der Waals surface area (Å²) in [6.07, 6.45) is 1.57. The number of nitrogen functional groups attached to an aromatic ring is 1. The zero-order valence-corrected chi connectivity index (χ0v) is 10.8. The first-order valence-electron chi connectivity index (χ1n) is 5.34. The minimum absolute atomic E-state index is 0.303. The van der Waals surface area contributed by atoms with Gasteiger partial charge in [-0.15, -0.1) is 0 Å². The van der Waals surface area contributed by atoms with Crippen molar-refractivity contribution in [2.45, 2.75) is 13.8 Å². The number of hydrogen-bond acceptors (Lipinski definition) is 5. The Balaban J connectivity index is 2.33. The second-order valence-electron chi connectivity index (χ2n) is 3.83. The Bertz CT molecular complexity index is 551. The average Bonchev–Trinajstić information content (AvgIpc) is 2.34. The molecule has 2 aromatic rings. The molecule has 0 saturated heterocycles. The van der Waals surface area contributed by atoms with E-state index in [0.29, 0.717) is 16.9 Å². The van der Waals surface area contributed by atoms with E-state index < -0.39 is 0 Å². The van der Waals surface area contributed by atoms with Gasteiger partial charge >= 0.3 is 0 Å². The molecule has 18 heavy (non-hydrogen) atoms. The van der Waals surface area contributed by atoms with Crippen LogP contribution in [0.3, 0.4) is 0 Å². The van der Waals surface area contributed by atoms with Crippen LogP contribution in [0.2, 0.25) is 5.02 Å². The van der Waals surface area contributed by atoms with Gasteiger partial charge in [0.05, 0.1) is 0 Å². The van der Waals surface area contributed by atoms with Crippen LogP contribution in [0, 0.1) is 13.8 Å². The number of nitrogens with zero attached hydrogens (tertiary/aromatic N) is 2. The predicted octanol–water partition coefficient (Wildman–Crippen LogP) is 2.82. The lowest BCUT2D eigenvalue weighted by Crippen LogP contribution is -2.10. The fourth-order valence-electron chi connectivity index (χ4n) is 1.63. The number of anilines is 1. The van der Waals surface area contributed by atoms with Gasteiger partial charge in [0, 0.05) is 17.3 Å². The Hall–Kier alpha value is -1.85. The summed E-state index contributed by atoms with van der Waals surface area (Å²) in [6, 6.07) is 5.34. The third-order valence-corrected chi connectivity index (χ3v) is 2.61. The summed E-state index contributed by atoms with van der Waals surface area (Å²) in [6.45, 7) is 3.86. The Morgan fingerprint density at radius 2 is 1.94 bits per heavy atom. The van der Waals surface area contributed by atoms with Crippen LogP contribution in [0.5, 0.6) is 11.6 Å². The second-order valence-corrected chi connectivity index (χ2v) is 4.27. The van der Waals surface area contributed by atoms with Gasteiger partial charge in [-0.3, -0.25) is 5.43 Å². The summed E-state index contributed by atoms with van der Waals surface area (Å²) in [5.74, 6) is 6.71. The van der Waals surface area contributed by atoms with E-state index in [-0.39, 0.29) is 0 Å². The molecule has 0 radical (unpaired) electrons. The van der Waals surface area contributed by atoms with Crippen molar-refractivity contribution < 1.29 is 4.74 Å². The minimum Gasteiger partial charge on any atom is -0.438 e. The summed E-state index contributed by atoms with van der Waals surface area (Å²) in [7, 11) is 0. The van der Waals surface area contributed by atoms with Crippen molar-refractivity contribution in [1.82, 2.24) is 9.97 Å². The molecule has 1 heterocycles. The lowest BCUT2D eigenvalue weighted by molar-refractivity contribution is 0.455. The Morgan fingerprint density at radius 3 is 2.56 bits per heavy atom. The van der Waals surface area contributed by atoms with Crippen molar-refractivity contribution in [3.05, 3.63) is 40.5 Å². The molecule has 0 aliphatic carbocycles. The first-order valence-corrected chi connectivity index (χ1v) is 5.72. The zero-order valence-electron chi connectivity index (χ0n) is 10.1. The third-order valence-electron chi connectivity index (χ3n) is 2.39. The molecular weight excluding hydrogens is 252 g/mol. The zero-order chi connectivity index (χ0) is 13.1. The number of hydrazine groups is 1. The molecule has 0 bridgehead atoms. The summed E-state index contributed by atoms with van der Waals surface area (Å²) >= 11 is 5.97. The standard InChI is InChI=1S/C12H13ClN4O/c1-7-5-9(13)6-8(2)11(7)18-10-3-4-15-12(16-10)17-14/h3-6H,14H2,1-2H3,(H,15,16,17). The van der Waals surface area contributed by atoms with E-state index in [9.17, 15) is 0 Å². The van der Waals surface area contributed by atoms with E-state index in [1.165, 1.54) is 0 Å². The fraction of sp³-hybridized carbons (Fsp3) is 0.167. The van der Waals surface area contributed by atoms with Gasteiger partial charge in [0.1, 0.15) is 5.75 Å². The summed E-state index contributed by atoms with van der Waals surface area (Å²) in [4.78, 5) is 8.00. The topological polar surface area (TPSA) is 73.1 Å². The van der Waals surface area contributed by atoms with Crippen LogP contribution in [0.25, 0.3) is 0 Å². The molecule has 2 rings (SSSR count). The van der Waals surface area contributed by atoms with Crippen molar-refractivity contribution in [1.29, 1.82) is 0 Å². The van der Waals surface area contributed by atoms with Gasteiger partial charge in [-0.05, 0) is 37.1 Å². The Labute approximate surface area is 110 Å². The molecule has 3 N–H and O–H groups in total. The highest BCUT2D eigenvalue weighted by molar-refractivity contribution is 6.30. The molecule has 0 aliphatic rings. The molecule has 1 aromatic heterocycles. The highest BCUT2D eigenvalue weighted by Gasteiger charge is 2.08. The van der Waals surface area contributed by atoms with E-state index in [1.54, 1.807) is 12.3 Å². The third kappa shape index (κ3) is 2.69. The van der Waals surface area contributed by atoms with Gasteiger partial charge in [-0.25, -0.2) is 10.8 Å². The van der Waals surface area contributed by atoms with Gasteiger partial charge in [-0.1, -0.05) is 11.6 Å². The minimum atomic E-state index is 0.303. The van der Waals surface area contributed by atoms with Crippen molar-refractivity contribution >= 4 is 17.5 Å². The molecule has 0 unspecified atom stereocenters. The lowest BCUT2D eigenvalue weighted by Gasteiger charge is -2.11. The maximum Gasteiger partial charge on any atom is 0.240 e. The molecule has 6 heteroatoms. The normalized spacial score (nSPS) is 10.2. The highest BCUT2D eigenvalue weighted by Crippen LogP contribution is 2.30. The van der Waals surface area contributed by atoms with Gasteiger partial charge in [0.2, 0.25) is 11.8 Å². The number of aryl methyl sites for hydroxylation is 2. The maximum atomic E-state index is 5.97. The van der Waals surface area contributed by atoms with E-state index >= 15 is 0 Å².